The zero-order valence-corrected chi connectivity index (χ0v) is 8.21. The Bertz CT molecular complexity index is 141. The summed E-state index contributed by atoms with van der Waals surface area (Å²) in [6.07, 6.45) is 8.52. The maximum Gasteiger partial charge on any atom is 0.0250 e. The molecule has 1 aliphatic rings. The van der Waals surface area contributed by atoms with Gasteiger partial charge in [-0.2, -0.15) is 0 Å². The number of hydrogen-bond donors (Lipinski definition) is 1. The van der Waals surface area contributed by atoms with Crippen molar-refractivity contribution in [1.82, 2.24) is 10.2 Å². The van der Waals surface area contributed by atoms with E-state index in [0.29, 0.717) is 6.04 Å². The van der Waals surface area contributed by atoms with Crippen molar-refractivity contribution in [1.29, 1.82) is 0 Å². The molecule has 0 aliphatic heterocycles. The smallest absolute Gasteiger partial charge is 0.0250 e. The quantitative estimate of drug-likeness (QED) is 0.635. The van der Waals surface area contributed by atoms with Crippen molar-refractivity contribution in [2.45, 2.75) is 25.3 Å². The first kappa shape index (κ1) is 9.75. The molecule has 0 amide bonds. The summed E-state index contributed by atoms with van der Waals surface area (Å²) in [4.78, 5) is 2.21. The van der Waals surface area contributed by atoms with Crippen molar-refractivity contribution >= 4 is 0 Å². The van der Waals surface area contributed by atoms with Gasteiger partial charge in [-0.05, 0) is 33.4 Å². The Morgan fingerprint density at radius 2 is 2.33 bits per heavy atom. The topological polar surface area (TPSA) is 15.3 Å². The molecule has 0 spiro atoms. The predicted octanol–water partition coefficient (Wildman–Crippen LogP) is 1.25. The minimum Gasteiger partial charge on any atom is -0.309 e. The summed E-state index contributed by atoms with van der Waals surface area (Å²) in [6, 6.07) is 0.638. The van der Waals surface area contributed by atoms with Gasteiger partial charge in [-0.25, -0.2) is 0 Å². The maximum atomic E-state index is 3.52. The molecule has 0 heterocycles. The summed E-state index contributed by atoms with van der Waals surface area (Å²) in [5, 5.41) is 3.52. The Hall–Kier alpha value is -0.340. The summed E-state index contributed by atoms with van der Waals surface area (Å²) >= 11 is 0. The van der Waals surface area contributed by atoms with E-state index in [2.05, 4.69) is 36.5 Å². The molecule has 0 aromatic rings. The molecule has 1 unspecified atom stereocenters. The van der Waals surface area contributed by atoms with E-state index >= 15 is 0 Å². The number of hydrogen-bond acceptors (Lipinski definition) is 2. The highest BCUT2D eigenvalue weighted by molar-refractivity contribution is 4.97. The van der Waals surface area contributed by atoms with Gasteiger partial charge >= 0.3 is 0 Å². The summed E-state index contributed by atoms with van der Waals surface area (Å²) in [5.41, 5.74) is 0. The molecule has 70 valence electrons. The highest BCUT2D eigenvalue weighted by Crippen LogP contribution is 2.09. The minimum atomic E-state index is 0.638. The Balaban J connectivity index is 2.06. The van der Waals surface area contributed by atoms with Crippen LogP contribution < -0.4 is 5.32 Å². The summed E-state index contributed by atoms with van der Waals surface area (Å²) in [6.45, 7) is 2.23. The molecule has 0 aromatic carbocycles. The van der Waals surface area contributed by atoms with E-state index < -0.39 is 0 Å². The average molecular weight is 168 g/mol. The molecule has 1 rings (SSSR count). The second kappa shape index (κ2) is 5.33. The van der Waals surface area contributed by atoms with Gasteiger partial charge in [0.05, 0.1) is 0 Å². The van der Waals surface area contributed by atoms with E-state index in [9.17, 15) is 0 Å². The molecule has 0 aromatic heterocycles. The van der Waals surface area contributed by atoms with Gasteiger partial charge in [-0.1, -0.05) is 12.2 Å². The first-order chi connectivity index (χ1) is 5.79. The largest absolute Gasteiger partial charge is 0.309 e. The summed E-state index contributed by atoms with van der Waals surface area (Å²) in [7, 11) is 4.22. The normalized spacial score (nSPS) is 23.4. The SMILES string of the molecule is CN(C)CCNC1C=CCCC1. The molecule has 1 N–H and O–H groups in total. The van der Waals surface area contributed by atoms with Crippen LogP contribution >= 0.6 is 0 Å². The second-order valence-corrected chi connectivity index (χ2v) is 3.72. The first-order valence-electron chi connectivity index (χ1n) is 4.84. The monoisotopic (exact) mass is 168 g/mol. The fourth-order valence-electron chi connectivity index (χ4n) is 1.46. The lowest BCUT2D eigenvalue weighted by atomic mass is 10.0. The van der Waals surface area contributed by atoms with Crippen LogP contribution in [0.2, 0.25) is 0 Å². The molecular formula is C10H20N2. The van der Waals surface area contributed by atoms with Crippen LogP contribution in [0.15, 0.2) is 12.2 Å². The van der Waals surface area contributed by atoms with Gasteiger partial charge in [0.1, 0.15) is 0 Å². The lowest BCUT2D eigenvalue weighted by Crippen LogP contribution is -2.34. The van der Waals surface area contributed by atoms with Crippen molar-refractivity contribution in [2.24, 2.45) is 0 Å². The van der Waals surface area contributed by atoms with Crippen LogP contribution in [0.25, 0.3) is 0 Å². The van der Waals surface area contributed by atoms with Crippen LogP contribution in [0.5, 0.6) is 0 Å². The van der Waals surface area contributed by atoms with E-state index in [1.807, 2.05) is 0 Å². The van der Waals surface area contributed by atoms with Gasteiger partial charge < -0.3 is 10.2 Å². The third-order valence-corrected chi connectivity index (χ3v) is 2.22. The molecule has 2 nitrogen and oxygen atoms in total. The zero-order chi connectivity index (χ0) is 8.81. The number of allylic oxidation sites excluding steroid dienone is 1. The van der Waals surface area contributed by atoms with Crippen LogP contribution in [0.3, 0.4) is 0 Å². The maximum absolute atomic E-state index is 3.52. The lowest BCUT2D eigenvalue weighted by Gasteiger charge is -2.19. The first-order valence-corrected chi connectivity index (χ1v) is 4.84. The van der Waals surface area contributed by atoms with Crippen LogP contribution in [0.4, 0.5) is 0 Å². The van der Waals surface area contributed by atoms with Crippen LogP contribution in [0, 0.1) is 0 Å². The molecule has 0 saturated heterocycles. The van der Waals surface area contributed by atoms with Gasteiger partial charge in [0.15, 0.2) is 0 Å². The molecule has 0 fully saturated rings. The Morgan fingerprint density at radius 1 is 1.50 bits per heavy atom. The summed E-state index contributed by atoms with van der Waals surface area (Å²) in [5.74, 6) is 0. The molecule has 12 heavy (non-hydrogen) atoms. The van der Waals surface area contributed by atoms with Crippen molar-refractivity contribution in [3.63, 3.8) is 0 Å². The Morgan fingerprint density at radius 3 is 2.92 bits per heavy atom. The van der Waals surface area contributed by atoms with Crippen LogP contribution in [0.1, 0.15) is 19.3 Å². The minimum absolute atomic E-state index is 0.638. The van der Waals surface area contributed by atoms with Crippen molar-refractivity contribution < 1.29 is 0 Å². The van der Waals surface area contributed by atoms with Gasteiger partial charge in [0.2, 0.25) is 0 Å². The van der Waals surface area contributed by atoms with Gasteiger partial charge in [-0.3, -0.25) is 0 Å². The molecule has 0 radical (unpaired) electrons. The average Bonchev–Trinajstić information content (AvgIpc) is 2.05. The van der Waals surface area contributed by atoms with E-state index in [-0.39, 0.29) is 0 Å². The van der Waals surface area contributed by atoms with E-state index in [1.165, 1.54) is 19.3 Å². The van der Waals surface area contributed by atoms with E-state index in [4.69, 9.17) is 0 Å². The van der Waals surface area contributed by atoms with Crippen LogP contribution in [-0.2, 0) is 0 Å². The number of likely N-dealkylation sites (N-methyl/N-ethyl adjacent to an activating group) is 1. The van der Waals surface area contributed by atoms with Gasteiger partial charge in [0.25, 0.3) is 0 Å². The fourth-order valence-corrected chi connectivity index (χ4v) is 1.46. The van der Waals surface area contributed by atoms with Crippen LogP contribution in [-0.4, -0.2) is 38.1 Å². The third kappa shape index (κ3) is 3.88. The fraction of sp³-hybridized carbons (Fsp3) is 0.800. The van der Waals surface area contributed by atoms with E-state index in [1.54, 1.807) is 0 Å². The zero-order valence-electron chi connectivity index (χ0n) is 8.21. The molecule has 1 aliphatic carbocycles. The lowest BCUT2D eigenvalue weighted by molar-refractivity contribution is 0.386. The molecule has 2 heteroatoms. The summed E-state index contributed by atoms with van der Waals surface area (Å²) < 4.78 is 0. The molecular weight excluding hydrogens is 148 g/mol. The number of nitrogens with one attached hydrogen (secondary N) is 1. The molecule has 0 bridgehead atoms. The second-order valence-electron chi connectivity index (χ2n) is 3.72. The third-order valence-electron chi connectivity index (χ3n) is 2.22. The van der Waals surface area contributed by atoms with Gasteiger partial charge in [-0.15, -0.1) is 0 Å². The number of rotatable bonds is 4. The standard InChI is InChI=1S/C10H20N2/c1-12(2)9-8-11-10-6-4-3-5-7-10/h4,6,10-11H,3,5,7-9H2,1-2H3. The highest BCUT2D eigenvalue weighted by atomic mass is 15.1. The van der Waals surface area contributed by atoms with Gasteiger partial charge in [0, 0.05) is 19.1 Å². The van der Waals surface area contributed by atoms with E-state index in [0.717, 1.165) is 13.1 Å². The predicted molar refractivity (Wildman–Crippen MR) is 53.3 cm³/mol. The Kier molecular flexibility index (Phi) is 4.33. The van der Waals surface area contributed by atoms with Crippen molar-refractivity contribution in [3.05, 3.63) is 12.2 Å². The molecule has 1 atom stereocenters. The number of nitrogens with zero attached hydrogens (tertiary/aromatic N) is 1. The molecule has 0 saturated carbocycles. The van der Waals surface area contributed by atoms with Crippen molar-refractivity contribution in [2.75, 3.05) is 27.2 Å². The van der Waals surface area contributed by atoms with Crippen molar-refractivity contribution in [3.8, 4) is 0 Å². The highest BCUT2D eigenvalue weighted by Gasteiger charge is 2.06. The Labute approximate surface area is 75.6 Å².